The Bertz CT molecular complexity index is 472. The molecule has 1 aromatic heterocycles. The molecular formula is C14H20N2OS2. The minimum Gasteiger partial charge on any atom is -0.393 e. The second kappa shape index (κ2) is 6.01. The highest BCUT2D eigenvalue weighted by Gasteiger charge is 2.23. The number of aryl methyl sites for hydroxylation is 2. The van der Waals surface area contributed by atoms with Crippen molar-refractivity contribution < 1.29 is 4.79 Å². The van der Waals surface area contributed by atoms with E-state index in [1.54, 1.807) is 11.3 Å². The van der Waals surface area contributed by atoms with Gasteiger partial charge in [0.25, 0.3) is 5.91 Å². The van der Waals surface area contributed by atoms with Gasteiger partial charge in [-0.25, -0.2) is 0 Å². The van der Waals surface area contributed by atoms with Crippen molar-refractivity contribution in [2.45, 2.75) is 45.6 Å². The minimum atomic E-state index is 0.116. The molecule has 0 saturated carbocycles. The molecule has 2 N–H and O–H groups in total. The molecule has 0 aliphatic heterocycles. The molecule has 19 heavy (non-hydrogen) atoms. The summed E-state index contributed by atoms with van der Waals surface area (Å²) in [4.78, 5) is 17.1. The molecule has 1 heterocycles. The van der Waals surface area contributed by atoms with Gasteiger partial charge in [0.05, 0.1) is 9.87 Å². The van der Waals surface area contributed by atoms with Gasteiger partial charge in [-0.1, -0.05) is 12.2 Å². The fourth-order valence-corrected chi connectivity index (χ4v) is 3.70. The van der Waals surface area contributed by atoms with Gasteiger partial charge >= 0.3 is 0 Å². The lowest BCUT2D eigenvalue weighted by molar-refractivity contribution is 0.0716. The van der Waals surface area contributed by atoms with Crippen molar-refractivity contribution >= 4 is 34.5 Å². The van der Waals surface area contributed by atoms with E-state index in [2.05, 4.69) is 6.07 Å². The SMILES string of the molecule is CC(C)N(CCC(N)=S)C(=O)c1cc2c(s1)CCC2. The van der Waals surface area contributed by atoms with E-state index >= 15 is 0 Å². The van der Waals surface area contributed by atoms with Crippen LogP contribution in [-0.4, -0.2) is 28.4 Å². The molecule has 0 bridgehead atoms. The van der Waals surface area contributed by atoms with Crippen molar-refractivity contribution in [2.75, 3.05) is 6.54 Å². The monoisotopic (exact) mass is 296 g/mol. The molecule has 1 aliphatic carbocycles. The fraction of sp³-hybridized carbons (Fsp3) is 0.571. The number of carbonyl (C=O) groups excluding carboxylic acids is 1. The van der Waals surface area contributed by atoms with E-state index < -0.39 is 0 Å². The highest BCUT2D eigenvalue weighted by atomic mass is 32.1. The summed E-state index contributed by atoms with van der Waals surface area (Å²) < 4.78 is 0. The highest BCUT2D eigenvalue weighted by Crippen LogP contribution is 2.31. The molecule has 0 radical (unpaired) electrons. The molecule has 3 nitrogen and oxygen atoms in total. The van der Waals surface area contributed by atoms with E-state index in [-0.39, 0.29) is 11.9 Å². The Morgan fingerprint density at radius 1 is 1.53 bits per heavy atom. The third kappa shape index (κ3) is 3.34. The molecule has 0 saturated heterocycles. The van der Waals surface area contributed by atoms with Gasteiger partial charge < -0.3 is 10.6 Å². The molecule has 1 aliphatic rings. The Hall–Kier alpha value is -0.940. The first kappa shape index (κ1) is 14.5. The van der Waals surface area contributed by atoms with Crippen LogP contribution in [0.3, 0.4) is 0 Å². The number of thiocarbonyl (C=S) groups is 1. The van der Waals surface area contributed by atoms with Crippen molar-refractivity contribution in [1.82, 2.24) is 4.90 Å². The molecule has 0 atom stereocenters. The third-order valence-corrected chi connectivity index (χ3v) is 4.87. The van der Waals surface area contributed by atoms with E-state index in [9.17, 15) is 4.79 Å². The smallest absolute Gasteiger partial charge is 0.264 e. The van der Waals surface area contributed by atoms with Crippen LogP contribution in [0.5, 0.6) is 0 Å². The lowest BCUT2D eigenvalue weighted by atomic mass is 10.2. The average molecular weight is 296 g/mol. The summed E-state index contributed by atoms with van der Waals surface area (Å²) in [5, 5.41) is 0. The summed E-state index contributed by atoms with van der Waals surface area (Å²) in [5.41, 5.74) is 6.90. The van der Waals surface area contributed by atoms with E-state index in [0.29, 0.717) is 18.0 Å². The number of nitrogens with two attached hydrogens (primary N) is 1. The van der Waals surface area contributed by atoms with E-state index in [4.69, 9.17) is 18.0 Å². The average Bonchev–Trinajstić information content (AvgIpc) is 2.87. The standard InChI is InChI=1S/C14H20N2OS2/c1-9(2)16(7-6-13(15)18)14(17)12-8-10-4-3-5-11(10)19-12/h8-9H,3-7H2,1-2H3,(H2,15,18). The first-order valence-corrected chi connectivity index (χ1v) is 7.92. The molecule has 5 heteroatoms. The topological polar surface area (TPSA) is 46.3 Å². The molecule has 104 valence electrons. The zero-order valence-electron chi connectivity index (χ0n) is 11.4. The van der Waals surface area contributed by atoms with E-state index in [1.165, 1.54) is 16.9 Å². The molecule has 1 aromatic rings. The van der Waals surface area contributed by atoms with Crippen LogP contribution >= 0.6 is 23.6 Å². The van der Waals surface area contributed by atoms with Gasteiger partial charge in [-0.3, -0.25) is 4.79 Å². The van der Waals surface area contributed by atoms with Gasteiger partial charge in [-0.15, -0.1) is 11.3 Å². The number of nitrogens with zero attached hydrogens (tertiary/aromatic N) is 1. The molecule has 0 aromatic carbocycles. The predicted molar refractivity (Wildman–Crippen MR) is 83.9 cm³/mol. The minimum absolute atomic E-state index is 0.116. The maximum Gasteiger partial charge on any atom is 0.264 e. The molecule has 0 unspecified atom stereocenters. The molecule has 2 rings (SSSR count). The Balaban J connectivity index is 2.11. The maximum atomic E-state index is 12.6. The maximum absolute atomic E-state index is 12.6. The van der Waals surface area contributed by atoms with Gasteiger partial charge in [0.15, 0.2) is 0 Å². The number of hydrogen-bond donors (Lipinski definition) is 1. The van der Waals surface area contributed by atoms with Crippen molar-refractivity contribution in [3.8, 4) is 0 Å². The first-order chi connectivity index (χ1) is 8.99. The van der Waals surface area contributed by atoms with E-state index in [0.717, 1.165) is 17.7 Å². The Morgan fingerprint density at radius 2 is 2.26 bits per heavy atom. The van der Waals surface area contributed by atoms with Crippen LogP contribution in [0.1, 0.15) is 46.8 Å². The number of amides is 1. The van der Waals surface area contributed by atoms with Gasteiger partial charge in [0.1, 0.15) is 0 Å². The Labute approximate surface area is 123 Å². The van der Waals surface area contributed by atoms with Gasteiger partial charge in [-0.2, -0.15) is 0 Å². The number of hydrogen-bond acceptors (Lipinski definition) is 3. The summed E-state index contributed by atoms with van der Waals surface area (Å²) in [6, 6.07) is 2.24. The van der Waals surface area contributed by atoms with Crippen LogP contribution in [0, 0.1) is 0 Å². The molecular weight excluding hydrogens is 276 g/mol. The van der Waals surface area contributed by atoms with Crippen LogP contribution in [-0.2, 0) is 12.8 Å². The Kier molecular flexibility index (Phi) is 4.58. The lowest BCUT2D eigenvalue weighted by Crippen LogP contribution is -2.38. The van der Waals surface area contributed by atoms with Gasteiger partial charge in [0, 0.05) is 23.9 Å². The summed E-state index contributed by atoms with van der Waals surface area (Å²) in [6.45, 7) is 4.66. The number of fused-ring (bicyclic) bond motifs is 1. The van der Waals surface area contributed by atoms with Gasteiger partial charge in [0.2, 0.25) is 0 Å². The Morgan fingerprint density at radius 3 is 2.84 bits per heavy atom. The van der Waals surface area contributed by atoms with Crippen molar-refractivity contribution in [3.05, 3.63) is 21.4 Å². The van der Waals surface area contributed by atoms with Crippen molar-refractivity contribution in [1.29, 1.82) is 0 Å². The van der Waals surface area contributed by atoms with Crippen LogP contribution in [0.25, 0.3) is 0 Å². The summed E-state index contributed by atoms with van der Waals surface area (Å²) >= 11 is 6.55. The normalized spacial score (nSPS) is 13.6. The number of thiophene rings is 1. The quantitative estimate of drug-likeness (QED) is 0.850. The van der Waals surface area contributed by atoms with Crippen LogP contribution < -0.4 is 5.73 Å². The van der Waals surface area contributed by atoms with Crippen LogP contribution in [0.2, 0.25) is 0 Å². The third-order valence-electron chi connectivity index (χ3n) is 3.44. The van der Waals surface area contributed by atoms with Crippen LogP contribution in [0.15, 0.2) is 6.07 Å². The van der Waals surface area contributed by atoms with Crippen molar-refractivity contribution in [3.63, 3.8) is 0 Å². The van der Waals surface area contributed by atoms with Crippen molar-refractivity contribution in [2.24, 2.45) is 5.73 Å². The predicted octanol–water partition coefficient (Wildman–Crippen LogP) is 2.76. The summed E-state index contributed by atoms with van der Waals surface area (Å²) in [5.74, 6) is 0.116. The fourth-order valence-electron chi connectivity index (χ4n) is 2.40. The summed E-state index contributed by atoms with van der Waals surface area (Å²) in [6.07, 6.45) is 4.06. The molecule has 1 amide bonds. The zero-order chi connectivity index (χ0) is 14.0. The molecule has 0 fully saturated rings. The second-order valence-electron chi connectivity index (χ2n) is 5.22. The summed E-state index contributed by atoms with van der Waals surface area (Å²) in [7, 11) is 0. The van der Waals surface area contributed by atoms with E-state index in [1.807, 2.05) is 18.7 Å². The largest absolute Gasteiger partial charge is 0.393 e. The second-order valence-corrected chi connectivity index (χ2v) is 6.88. The van der Waals surface area contributed by atoms with Crippen LogP contribution in [0.4, 0.5) is 0 Å². The number of rotatable bonds is 5. The number of carbonyl (C=O) groups is 1. The zero-order valence-corrected chi connectivity index (χ0v) is 13.1. The molecule has 0 spiro atoms. The first-order valence-electron chi connectivity index (χ1n) is 6.70. The highest BCUT2D eigenvalue weighted by molar-refractivity contribution is 7.80. The van der Waals surface area contributed by atoms with Gasteiger partial charge in [-0.05, 0) is 44.7 Å². The lowest BCUT2D eigenvalue weighted by Gasteiger charge is -2.26.